The summed E-state index contributed by atoms with van der Waals surface area (Å²) in [5.74, 6) is 0. The highest BCUT2D eigenvalue weighted by atomic mass is 13.7. The summed E-state index contributed by atoms with van der Waals surface area (Å²) in [5.41, 5.74) is 0. The molecule has 0 aliphatic rings. The standard InChI is InChI=1S/C16H18/c1-3-5-7-9-11-13-15-16-14-12-10-8-6-4-2/h3-16H,1-2H2/b7-5+,8-6+,11-9+,12-10+,15-13+,16-14+. The van der Waals surface area contributed by atoms with E-state index in [-0.39, 0.29) is 0 Å². The maximum absolute atomic E-state index is 3.58. The molecule has 0 bridgehead atoms. The minimum atomic E-state index is 1.75. The van der Waals surface area contributed by atoms with Gasteiger partial charge in [0.2, 0.25) is 0 Å². The van der Waals surface area contributed by atoms with Gasteiger partial charge in [0, 0.05) is 0 Å². The minimum absolute atomic E-state index is 1.75. The maximum atomic E-state index is 3.58. The monoisotopic (exact) mass is 210 g/mol. The third kappa shape index (κ3) is 11.9. The lowest BCUT2D eigenvalue weighted by molar-refractivity contribution is 1.84. The van der Waals surface area contributed by atoms with Crippen LogP contribution in [0, 0.1) is 0 Å². The molecule has 0 aromatic rings. The van der Waals surface area contributed by atoms with Crippen molar-refractivity contribution < 1.29 is 0 Å². The maximum Gasteiger partial charge on any atom is -0.0623 e. The van der Waals surface area contributed by atoms with Crippen LogP contribution in [0.4, 0.5) is 0 Å². The lowest BCUT2D eigenvalue weighted by Crippen LogP contribution is -1.52. The Bertz CT molecular complexity index is 308. The first kappa shape index (κ1) is 13.9. The van der Waals surface area contributed by atoms with Crippen LogP contribution in [0.5, 0.6) is 0 Å². The molecule has 0 rings (SSSR count). The van der Waals surface area contributed by atoms with Crippen molar-refractivity contribution in [2.75, 3.05) is 0 Å². The zero-order valence-corrected chi connectivity index (χ0v) is 9.50. The van der Waals surface area contributed by atoms with Gasteiger partial charge in [0.1, 0.15) is 0 Å². The molecule has 0 fully saturated rings. The molecule has 0 amide bonds. The number of rotatable bonds is 7. The van der Waals surface area contributed by atoms with Crippen LogP contribution in [-0.2, 0) is 0 Å². The molecule has 16 heavy (non-hydrogen) atoms. The van der Waals surface area contributed by atoms with E-state index in [4.69, 9.17) is 0 Å². The molecule has 0 N–H and O–H groups in total. The fraction of sp³-hybridized carbons (Fsp3) is 0. The van der Waals surface area contributed by atoms with Gasteiger partial charge in [0.05, 0.1) is 0 Å². The molecule has 0 heteroatoms. The van der Waals surface area contributed by atoms with Crippen molar-refractivity contribution in [3.05, 3.63) is 98.2 Å². The first-order chi connectivity index (χ1) is 7.91. The molecular weight excluding hydrogens is 192 g/mol. The van der Waals surface area contributed by atoms with E-state index in [1.807, 2.05) is 72.9 Å². The summed E-state index contributed by atoms with van der Waals surface area (Å²) in [6, 6.07) is 0. The summed E-state index contributed by atoms with van der Waals surface area (Å²) in [7, 11) is 0. The largest absolute Gasteiger partial charge is 0.0991 e. The summed E-state index contributed by atoms with van der Waals surface area (Å²) < 4.78 is 0. The molecular formula is C16H18. The van der Waals surface area contributed by atoms with Crippen molar-refractivity contribution in [3.63, 3.8) is 0 Å². The van der Waals surface area contributed by atoms with E-state index in [2.05, 4.69) is 13.2 Å². The van der Waals surface area contributed by atoms with E-state index >= 15 is 0 Å². The van der Waals surface area contributed by atoms with E-state index in [0.717, 1.165) is 0 Å². The van der Waals surface area contributed by atoms with Crippen molar-refractivity contribution in [2.45, 2.75) is 0 Å². The van der Waals surface area contributed by atoms with Crippen molar-refractivity contribution >= 4 is 0 Å². The lowest BCUT2D eigenvalue weighted by Gasteiger charge is -1.74. The number of hydrogen-bond acceptors (Lipinski definition) is 0. The number of hydrogen-bond donors (Lipinski definition) is 0. The van der Waals surface area contributed by atoms with Gasteiger partial charge < -0.3 is 0 Å². The van der Waals surface area contributed by atoms with Crippen LogP contribution < -0.4 is 0 Å². The summed E-state index contributed by atoms with van der Waals surface area (Å²) in [5, 5.41) is 0. The molecule has 0 unspecified atom stereocenters. The fourth-order valence-corrected chi connectivity index (χ4v) is 0.799. The van der Waals surface area contributed by atoms with Crippen LogP contribution in [0.1, 0.15) is 0 Å². The Hall–Kier alpha value is -2.08. The topological polar surface area (TPSA) is 0 Å². The van der Waals surface area contributed by atoms with Gasteiger partial charge in [-0.1, -0.05) is 98.2 Å². The minimum Gasteiger partial charge on any atom is -0.0991 e. The van der Waals surface area contributed by atoms with Crippen LogP contribution in [0.15, 0.2) is 98.2 Å². The predicted octanol–water partition coefficient (Wildman–Crippen LogP) is 4.70. The van der Waals surface area contributed by atoms with Gasteiger partial charge in [0.15, 0.2) is 0 Å². The average molecular weight is 210 g/mol. The molecule has 0 aliphatic carbocycles. The van der Waals surface area contributed by atoms with Gasteiger partial charge in [0.25, 0.3) is 0 Å². The summed E-state index contributed by atoms with van der Waals surface area (Å²) >= 11 is 0. The molecule has 0 atom stereocenters. The van der Waals surface area contributed by atoms with Crippen LogP contribution in [0.3, 0.4) is 0 Å². The van der Waals surface area contributed by atoms with E-state index in [0.29, 0.717) is 0 Å². The Balaban J connectivity index is 3.78. The third-order valence-corrected chi connectivity index (χ3v) is 1.49. The van der Waals surface area contributed by atoms with E-state index in [1.165, 1.54) is 0 Å². The summed E-state index contributed by atoms with van der Waals surface area (Å²) in [6.07, 6.45) is 26.8. The van der Waals surface area contributed by atoms with Crippen molar-refractivity contribution in [3.8, 4) is 0 Å². The van der Waals surface area contributed by atoms with Gasteiger partial charge in [-0.3, -0.25) is 0 Å². The summed E-state index contributed by atoms with van der Waals surface area (Å²) in [6.45, 7) is 7.16. The fourth-order valence-electron chi connectivity index (χ4n) is 0.799. The molecule has 0 radical (unpaired) electrons. The van der Waals surface area contributed by atoms with Gasteiger partial charge >= 0.3 is 0 Å². The molecule has 0 saturated carbocycles. The van der Waals surface area contributed by atoms with E-state index < -0.39 is 0 Å². The SMILES string of the molecule is C=C/C=C/C=C/C=C/C=C/C=C/C=C/C=C. The highest BCUT2D eigenvalue weighted by Gasteiger charge is 1.63. The quantitative estimate of drug-likeness (QED) is 0.534. The van der Waals surface area contributed by atoms with Crippen LogP contribution >= 0.6 is 0 Å². The zero-order chi connectivity index (χ0) is 11.9. The smallest absolute Gasteiger partial charge is 0.0623 e. The second kappa shape index (κ2) is 12.9. The molecule has 0 aromatic carbocycles. The molecule has 82 valence electrons. The molecule has 0 heterocycles. The zero-order valence-electron chi connectivity index (χ0n) is 9.50. The lowest BCUT2D eigenvalue weighted by atomic mass is 10.3. The summed E-state index contributed by atoms with van der Waals surface area (Å²) in [4.78, 5) is 0. The second-order valence-corrected chi connectivity index (χ2v) is 2.78. The first-order valence-electron chi connectivity index (χ1n) is 5.15. The van der Waals surface area contributed by atoms with Crippen LogP contribution in [0.2, 0.25) is 0 Å². The predicted molar refractivity (Wildman–Crippen MR) is 75.2 cm³/mol. The van der Waals surface area contributed by atoms with Gasteiger partial charge in [-0.2, -0.15) is 0 Å². The van der Waals surface area contributed by atoms with Gasteiger partial charge in [-0.15, -0.1) is 0 Å². The first-order valence-corrected chi connectivity index (χ1v) is 5.15. The Labute approximate surface area is 98.7 Å². The van der Waals surface area contributed by atoms with Crippen molar-refractivity contribution in [2.24, 2.45) is 0 Å². The van der Waals surface area contributed by atoms with Crippen molar-refractivity contribution in [1.29, 1.82) is 0 Å². The van der Waals surface area contributed by atoms with E-state index in [9.17, 15) is 0 Å². The average Bonchev–Trinajstić information content (AvgIpc) is 2.31. The van der Waals surface area contributed by atoms with E-state index in [1.54, 1.807) is 12.2 Å². The van der Waals surface area contributed by atoms with Gasteiger partial charge in [-0.25, -0.2) is 0 Å². The molecule has 0 aliphatic heterocycles. The second-order valence-electron chi connectivity index (χ2n) is 2.78. The molecule has 0 spiro atoms. The van der Waals surface area contributed by atoms with Crippen LogP contribution in [0.25, 0.3) is 0 Å². The Morgan fingerprint density at radius 1 is 0.312 bits per heavy atom. The molecule has 0 nitrogen and oxygen atoms in total. The number of allylic oxidation sites excluding steroid dienone is 14. The van der Waals surface area contributed by atoms with Crippen molar-refractivity contribution in [1.82, 2.24) is 0 Å². The molecule has 0 saturated heterocycles. The normalized spacial score (nSPS) is 13.2. The van der Waals surface area contributed by atoms with Crippen LogP contribution in [-0.4, -0.2) is 0 Å². The van der Waals surface area contributed by atoms with Gasteiger partial charge in [-0.05, 0) is 0 Å². The Morgan fingerprint density at radius 3 is 0.688 bits per heavy atom. The third-order valence-electron chi connectivity index (χ3n) is 1.49. The highest BCUT2D eigenvalue weighted by molar-refractivity contribution is 5.20. The Morgan fingerprint density at radius 2 is 0.500 bits per heavy atom. The highest BCUT2D eigenvalue weighted by Crippen LogP contribution is 1.84. The molecule has 0 aromatic heterocycles. The Kier molecular flexibility index (Phi) is 11.2.